The van der Waals surface area contributed by atoms with Gasteiger partial charge < -0.3 is 14.5 Å². The van der Waals surface area contributed by atoms with Gasteiger partial charge in [0.05, 0.1) is 5.04 Å². The lowest BCUT2D eigenvalue weighted by Crippen LogP contribution is -2.35. The first kappa shape index (κ1) is 23.8. The third kappa shape index (κ3) is 6.15. The van der Waals surface area contributed by atoms with Crippen LogP contribution in [0.15, 0.2) is 40.5 Å². The van der Waals surface area contributed by atoms with Crippen LogP contribution in [-0.4, -0.2) is 66.8 Å². The highest BCUT2D eigenvalue weighted by atomic mass is 32.2. The molecule has 0 aromatic heterocycles. The summed E-state index contributed by atoms with van der Waals surface area (Å²) in [5.41, 5.74) is 2.56. The third-order valence-electron chi connectivity index (χ3n) is 7.19. The predicted octanol–water partition coefficient (Wildman–Crippen LogP) is 5.18. The maximum atomic E-state index is 5.47. The van der Waals surface area contributed by atoms with E-state index in [9.17, 15) is 0 Å². The SMILES string of the molecule is C/C(=N\N=C(\SCCCN1CC2CCN(c3ccccc3)C2C1)C(C)C)C1CCOCC1. The summed E-state index contributed by atoms with van der Waals surface area (Å²) in [7, 11) is 0. The van der Waals surface area contributed by atoms with Crippen LogP contribution in [0, 0.1) is 17.8 Å². The predicted molar refractivity (Wildman–Crippen MR) is 138 cm³/mol. The summed E-state index contributed by atoms with van der Waals surface area (Å²) in [6.07, 6.45) is 4.70. The van der Waals surface area contributed by atoms with E-state index in [1.165, 1.54) is 55.5 Å². The van der Waals surface area contributed by atoms with Crippen molar-refractivity contribution in [3.8, 4) is 0 Å². The molecule has 1 aromatic rings. The molecule has 0 spiro atoms. The second-order valence-electron chi connectivity index (χ2n) is 9.83. The molecule has 4 rings (SSSR count). The van der Waals surface area contributed by atoms with Crippen molar-refractivity contribution in [3.05, 3.63) is 30.3 Å². The molecule has 0 N–H and O–H groups in total. The number of hydrogen-bond acceptors (Lipinski definition) is 6. The summed E-state index contributed by atoms with van der Waals surface area (Å²) in [4.78, 5) is 5.33. The van der Waals surface area contributed by atoms with Gasteiger partial charge in [-0.05, 0) is 57.2 Å². The van der Waals surface area contributed by atoms with Crippen molar-refractivity contribution < 1.29 is 4.74 Å². The lowest BCUT2D eigenvalue weighted by atomic mass is 9.96. The number of para-hydroxylation sites is 1. The van der Waals surface area contributed by atoms with Crippen molar-refractivity contribution in [3.63, 3.8) is 0 Å². The topological polar surface area (TPSA) is 40.4 Å². The van der Waals surface area contributed by atoms with E-state index < -0.39 is 0 Å². The summed E-state index contributed by atoms with van der Waals surface area (Å²) in [6, 6.07) is 11.7. The smallest absolute Gasteiger partial charge is 0.0984 e. The zero-order valence-corrected chi connectivity index (χ0v) is 20.9. The molecule has 0 radical (unpaired) electrons. The monoisotopic (exact) mass is 456 g/mol. The molecular formula is C26H40N4OS. The van der Waals surface area contributed by atoms with E-state index in [0.29, 0.717) is 17.9 Å². The lowest BCUT2D eigenvalue weighted by molar-refractivity contribution is 0.0826. The average molecular weight is 457 g/mol. The van der Waals surface area contributed by atoms with E-state index in [-0.39, 0.29) is 0 Å². The van der Waals surface area contributed by atoms with Gasteiger partial charge in [-0.3, -0.25) is 0 Å². The van der Waals surface area contributed by atoms with Crippen molar-refractivity contribution >= 4 is 28.2 Å². The van der Waals surface area contributed by atoms with Crippen LogP contribution in [-0.2, 0) is 4.74 Å². The average Bonchev–Trinajstić information content (AvgIpc) is 3.39. The number of likely N-dealkylation sites (tertiary alicyclic amines) is 1. The molecule has 0 amide bonds. The van der Waals surface area contributed by atoms with Gasteiger partial charge in [-0.25, -0.2) is 0 Å². The molecule has 1 aromatic carbocycles. The summed E-state index contributed by atoms with van der Waals surface area (Å²) < 4.78 is 5.47. The van der Waals surface area contributed by atoms with Gasteiger partial charge in [0, 0.05) is 67.9 Å². The molecule has 3 heterocycles. The Kier molecular flexibility index (Phi) is 8.67. The highest BCUT2D eigenvalue weighted by molar-refractivity contribution is 8.13. The van der Waals surface area contributed by atoms with Gasteiger partial charge >= 0.3 is 0 Å². The summed E-state index contributed by atoms with van der Waals surface area (Å²) in [6.45, 7) is 13.2. The van der Waals surface area contributed by atoms with Crippen LogP contribution in [0.3, 0.4) is 0 Å². The molecule has 0 aliphatic carbocycles. The molecule has 176 valence electrons. The number of benzene rings is 1. The molecule has 2 unspecified atom stereocenters. The molecular weight excluding hydrogens is 416 g/mol. The quantitative estimate of drug-likeness (QED) is 0.234. The first-order chi connectivity index (χ1) is 15.6. The second kappa shape index (κ2) is 11.7. The standard InChI is InChI=1S/C26H40N4OS/c1-20(2)26(28-27-21(3)22-11-15-31-16-12-22)32-17-7-13-29-18-23-10-14-30(25(23)19-29)24-8-5-4-6-9-24/h4-6,8-9,20,22-23,25H,7,10-19H2,1-3H3/b27-21+,28-26+. The minimum absolute atomic E-state index is 0.428. The van der Waals surface area contributed by atoms with Crippen LogP contribution >= 0.6 is 11.8 Å². The van der Waals surface area contributed by atoms with Crippen molar-refractivity contribution in [1.29, 1.82) is 0 Å². The first-order valence-electron chi connectivity index (χ1n) is 12.5. The number of ether oxygens (including phenoxy) is 1. The lowest BCUT2D eigenvalue weighted by Gasteiger charge is -2.27. The maximum absolute atomic E-state index is 5.47. The van der Waals surface area contributed by atoms with E-state index in [2.05, 4.69) is 71.1 Å². The van der Waals surface area contributed by atoms with E-state index in [0.717, 1.165) is 37.7 Å². The van der Waals surface area contributed by atoms with Crippen molar-refractivity contribution in [1.82, 2.24) is 4.90 Å². The highest BCUT2D eigenvalue weighted by Crippen LogP contribution is 2.35. The van der Waals surface area contributed by atoms with E-state index >= 15 is 0 Å². The van der Waals surface area contributed by atoms with Crippen LogP contribution in [0.25, 0.3) is 0 Å². The largest absolute Gasteiger partial charge is 0.381 e. The van der Waals surface area contributed by atoms with Crippen LogP contribution in [0.5, 0.6) is 0 Å². The minimum atomic E-state index is 0.428. The Bertz CT molecular complexity index is 775. The van der Waals surface area contributed by atoms with Gasteiger partial charge in [-0.2, -0.15) is 5.10 Å². The molecule has 6 heteroatoms. The molecule has 3 aliphatic heterocycles. The molecule has 5 nitrogen and oxygen atoms in total. The van der Waals surface area contributed by atoms with Gasteiger partial charge in [-0.15, -0.1) is 16.9 Å². The number of hydrogen-bond donors (Lipinski definition) is 0. The van der Waals surface area contributed by atoms with E-state index in [1.807, 2.05) is 11.8 Å². The Morgan fingerprint density at radius 3 is 2.62 bits per heavy atom. The summed E-state index contributed by atoms with van der Waals surface area (Å²) in [5, 5.41) is 10.4. The zero-order valence-electron chi connectivity index (χ0n) is 20.1. The summed E-state index contributed by atoms with van der Waals surface area (Å²) >= 11 is 1.90. The number of rotatable bonds is 8. The number of thioether (sulfide) groups is 1. The van der Waals surface area contributed by atoms with Gasteiger partial charge in [0.2, 0.25) is 0 Å². The third-order valence-corrected chi connectivity index (χ3v) is 8.53. The van der Waals surface area contributed by atoms with Crippen LogP contribution in [0.4, 0.5) is 5.69 Å². The fraction of sp³-hybridized carbons (Fsp3) is 0.692. The van der Waals surface area contributed by atoms with Crippen molar-refractivity contribution in [2.24, 2.45) is 28.0 Å². The van der Waals surface area contributed by atoms with Crippen molar-refractivity contribution in [2.45, 2.75) is 52.5 Å². The summed E-state index contributed by atoms with van der Waals surface area (Å²) in [5.74, 6) is 2.92. The molecule has 3 fully saturated rings. The Morgan fingerprint density at radius 2 is 1.88 bits per heavy atom. The van der Waals surface area contributed by atoms with Gasteiger partial charge in [-0.1, -0.05) is 32.0 Å². The molecule has 0 saturated carbocycles. The van der Waals surface area contributed by atoms with Crippen LogP contribution in [0.1, 0.15) is 46.5 Å². The van der Waals surface area contributed by atoms with E-state index in [1.54, 1.807) is 0 Å². The molecule has 2 atom stereocenters. The Hall–Kier alpha value is -1.37. The molecule has 0 bridgehead atoms. The molecule has 32 heavy (non-hydrogen) atoms. The fourth-order valence-corrected chi connectivity index (χ4v) is 6.19. The fourth-order valence-electron chi connectivity index (χ4n) is 5.27. The van der Waals surface area contributed by atoms with Crippen LogP contribution < -0.4 is 4.90 Å². The van der Waals surface area contributed by atoms with Gasteiger partial charge in [0.25, 0.3) is 0 Å². The van der Waals surface area contributed by atoms with Gasteiger partial charge in [0.15, 0.2) is 0 Å². The van der Waals surface area contributed by atoms with Crippen molar-refractivity contribution in [2.75, 3.05) is 50.0 Å². The van der Waals surface area contributed by atoms with Crippen LogP contribution in [0.2, 0.25) is 0 Å². The Labute approximate surface area is 198 Å². The zero-order chi connectivity index (χ0) is 22.3. The Balaban J connectivity index is 1.22. The van der Waals surface area contributed by atoms with E-state index in [4.69, 9.17) is 4.74 Å². The Morgan fingerprint density at radius 1 is 1.09 bits per heavy atom. The number of fused-ring (bicyclic) bond motifs is 1. The maximum Gasteiger partial charge on any atom is 0.0984 e. The normalized spacial score (nSPS) is 25.7. The molecule has 3 aliphatic rings. The minimum Gasteiger partial charge on any atom is -0.381 e. The first-order valence-corrected chi connectivity index (χ1v) is 13.5. The molecule has 3 saturated heterocycles. The van der Waals surface area contributed by atoms with Gasteiger partial charge in [0.1, 0.15) is 0 Å². The second-order valence-corrected chi connectivity index (χ2v) is 10.9. The number of anilines is 1. The number of nitrogens with zero attached hydrogens (tertiary/aromatic N) is 4. The highest BCUT2D eigenvalue weighted by Gasteiger charge is 2.40.